The fraction of sp³-hybridized carbons (Fsp3) is 0.600. The number of rotatable bonds is 7. The second-order valence-electron chi connectivity index (χ2n) is 7.04. The summed E-state index contributed by atoms with van der Waals surface area (Å²) < 4.78 is 10.8. The fourth-order valence-corrected chi connectivity index (χ4v) is 3.11. The maximum atomic E-state index is 12.6. The van der Waals surface area contributed by atoms with Gasteiger partial charge in [-0.2, -0.15) is 0 Å². The van der Waals surface area contributed by atoms with Crippen molar-refractivity contribution in [1.82, 2.24) is 9.80 Å². The molecule has 0 atom stereocenters. The van der Waals surface area contributed by atoms with E-state index in [9.17, 15) is 9.59 Å². The molecule has 0 spiro atoms. The zero-order chi connectivity index (χ0) is 19.1. The molecule has 2 amide bonds. The predicted octanol–water partition coefficient (Wildman–Crippen LogP) is 2.43. The second kappa shape index (κ2) is 9.46. The Hall–Kier alpha value is -2.24. The maximum absolute atomic E-state index is 12.6. The molecule has 1 aliphatic rings. The molecular formula is C20H30N2O4. The van der Waals surface area contributed by atoms with Crippen LogP contribution in [0.25, 0.3) is 0 Å². The largest absolute Gasteiger partial charge is 0.497 e. The third kappa shape index (κ3) is 5.38. The topological polar surface area (TPSA) is 59.1 Å². The fourth-order valence-electron chi connectivity index (χ4n) is 3.11. The SMILES string of the molecule is COc1ccc(OCCN(C)C(=O)C2CCN(C(=O)C(C)C)CC2)cc1. The monoisotopic (exact) mass is 362 g/mol. The molecule has 1 heterocycles. The Morgan fingerprint density at radius 2 is 1.73 bits per heavy atom. The average molecular weight is 362 g/mol. The standard InChI is InChI=1S/C20H30N2O4/c1-15(2)19(23)22-11-9-16(10-12-22)20(24)21(3)13-14-26-18-7-5-17(25-4)6-8-18/h5-8,15-16H,9-14H2,1-4H3. The normalized spacial score (nSPS) is 15.0. The van der Waals surface area contributed by atoms with Crippen molar-refractivity contribution in [2.24, 2.45) is 11.8 Å². The van der Waals surface area contributed by atoms with Crippen LogP contribution in [0.3, 0.4) is 0 Å². The van der Waals surface area contributed by atoms with Gasteiger partial charge in [-0.25, -0.2) is 0 Å². The molecule has 0 unspecified atom stereocenters. The molecular weight excluding hydrogens is 332 g/mol. The molecule has 6 heteroatoms. The molecule has 1 aromatic carbocycles. The van der Waals surface area contributed by atoms with Crippen molar-refractivity contribution in [3.8, 4) is 11.5 Å². The summed E-state index contributed by atoms with van der Waals surface area (Å²) in [4.78, 5) is 28.2. The first-order valence-corrected chi connectivity index (χ1v) is 9.23. The third-order valence-corrected chi connectivity index (χ3v) is 4.78. The number of ether oxygens (including phenoxy) is 2. The second-order valence-corrected chi connectivity index (χ2v) is 7.04. The molecule has 1 aromatic rings. The van der Waals surface area contributed by atoms with Crippen LogP contribution in [0.4, 0.5) is 0 Å². The summed E-state index contributed by atoms with van der Waals surface area (Å²) in [5.74, 6) is 1.87. The Bertz CT molecular complexity index is 592. The van der Waals surface area contributed by atoms with Crippen LogP contribution in [-0.4, -0.2) is 62.0 Å². The number of likely N-dealkylation sites (N-methyl/N-ethyl adjacent to an activating group) is 1. The van der Waals surface area contributed by atoms with Gasteiger partial charge in [0.15, 0.2) is 0 Å². The molecule has 1 saturated heterocycles. The quantitative estimate of drug-likeness (QED) is 0.747. The lowest BCUT2D eigenvalue weighted by atomic mass is 9.94. The van der Waals surface area contributed by atoms with Gasteiger partial charge in [0.05, 0.1) is 13.7 Å². The first kappa shape index (κ1) is 20.1. The number of carbonyl (C=O) groups excluding carboxylic acids is 2. The molecule has 0 aromatic heterocycles. The van der Waals surface area contributed by atoms with Crippen LogP contribution in [0.1, 0.15) is 26.7 Å². The van der Waals surface area contributed by atoms with E-state index in [-0.39, 0.29) is 23.7 Å². The van der Waals surface area contributed by atoms with Crippen LogP contribution in [0.2, 0.25) is 0 Å². The van der Waals surface area contributed by atoms with Crippen LogP contribution in [0.15, 0.2) is 24.3 Å². The van der Waals surface area contributed by atoms with E-state index in [1.165, 1.54) is 0 Å². The van der Waals surface area contributed by atoms with E-state index in [1.807, 2.05) is 50.1 Å². The van der Waals surface area contributed by atoms with Gasteiger partial charge in [-0.15, -0.1) is 0 Å². The van der Waals surface area contributed by atoms with Gasteiger partial charge in [0.1, 0.15) is 18.1 Å². The number of carbonyl (C=O) groups is 2. The molecule has 0 bridgehead atoms. The summed E-state index contributed by atoms with van der Waals surface area (Å²) in [6.07, 6.45) is 1.47. The lowest BCUT2D eigenvalue weighted by molar-refractivity contribution is -0.141. The molecule has 1 fully saturated rings. The average Bonchev–Trinajstić information content (AvgIpc) is 2.67. The summed E-state index contributed by atoms with van der Waals surface area (Å²) >= 11 is 0. The molecule has 2 rings (SSSR count). The van der Waals surface area contributed by atoms with E-state index in [2.05, 4.69) is 0 Å². The van der Waals surface area contributed by atoms with Gasteiger partial charge in [0.25, 0.3) is 0 Å². The molecule has 0 aliphatic carbocycles. The molecule has 26 heavy (non-hydrogen) atoms. The third-order valence-electron chi connectivity index (χ3n) is 4.78. The highest BCUT2D eigenvalue weighted by molar-refractivity contribution is 5.80. The first-order chi connectivity index (χ1) is 12.4. The number of piperidine rings is 1. The van der Waals surface area contributed by atoms with E-state index in [1.54, 1.807) is 12.0 Å². The minimum absolute atomic E-state index is 0.00259. The van der Waals surface area contributed by atoms with Crippen molar-refractivity contribution in [2.75, 3.05) is 40.4 Å². The highest BCUT2D eigenvalue weighted by atomic mass is 16.5. The summed E-state index contributed by atoms with van der Waals surface area (Å²) in [6, 6.07) is 7.39. The highest BCUT2D eigenvalue weighted by Crippen LogP contribution is 2.21. The predicted molar refractivity (Wildman–Crippen MR) is 100 cm³/mol. The molecule has 0 radical (unpaired) electrons. The van der Waals surface area contributed by atoms with Gasteiger partial charge < -0.3 is 19.3 Å². The Morgan fingerprint density at radius 3 is 2.27 bits per heavy atom. The van der Waals surface area contributed by atoms with Gasteiger partial charge >= 0.3 is 0 Å². The van der Waals surface area contributed by atoms with Gasteiger partial charge in [-0.1, -0.05) is 13.8 Å². The number of likely N-dealkylation sites (tertiary alicyclic amines) is 1. The maximum Gasteiger partial charge on any atom is 0.225 e. The van der Waals surface area contributed by atoms with Crippen molar-refractivity contribution in [3.05, 3.63) is 24.3 Å². The van der Waals surface area contributed by atoms with Crippen LogP contribution in [0.5, 0.6) is 11.5 Å². The zero-order valence-corrected chi connectivity index (χ0v) is 16.2. The number of nitrogens with zero attached hydrogens (tertiary/aromatic N) is 2. The van der Waals surface area contributed by atoms with Gasteiger partial charge in [-0.05, 0) is 37.1 Å². The molecule has 1 aliphatic heterocycles. The summed E-state index contributed by atoms with van der Waals surface area (Å²) in [5.41, 5.74) is 0. The van der Waals surface area contributed by atoms with E-state index < -0.39 is 0 Å². The number of hydrogen-bond donors (Lipinski definition) is 0. The van der Waals surface area contributed by atoms with E-state index in [0.717, 1.165) is 24.3 Å². The number of methoxy groups -OCH3 is 1. The van der Waals surface area contributed by atoms with Crippen molar-refractivity contribution < 1.29 is 19.1 Å². The molecule has 144 valence electrons. The number of amides is 2. The van der Waals surface area contributed by atoms with Crippen molar-refractivity contribution >= 4 is 11.8 Å². The van der Waals surface area contributed by atoms with Crippen molar-refractivity contribution in [2.45, 2.75) is 26.7 Å². The van der Waals surface area contributed by atoms with Crippen molar-refractivity contribution in [1.29, 1.82) is 0 Å². The van der Waals surface area contributed by atoms with Crippen LogP contribution in [0, 0.1) is 11.8 Å². The van der Waals surface area contributed by atoms with Crippen LogP contribution >= 0.6 is 0 Å². The first-order valence-electron chi connectivity index (χ1n) is 9.23. The lowest BCUT2D eigenvalue weighted by Gasteiger charge is -2.34. The Morgan fingerprint density at radius 1 is 1.15 bits per heavy atom. The number of benzene rings is 1. The number of hydrogen-bond acceptors (Lipinski definition) is 4. The Labute approximate surface area is 156 Å². The van der Waals surface area contributed by atoms with Gasteiger partial charge in [0.2, 0.25) is 11.8 Å². The van der Waals surface area contributed by atoms with E-state index in [0.29, 0.717) is 26.2 Å². The lowest BCUT2D eigenvalue weighted by Crippen LogP contribution is -2.45. The van der Waals surface area contributed by atoms with Gasteiger partial charge in [0, 0.05) is 32.0 Å². The van der Waals surface area contributed by atoms with Crippen LogP contribution in [-0.2, 0) is 9.59 Å². The van der Waals surface area contributed by atoms with Crippen LogP contribution < -0.4 is 9.47 Å². The summed E-state index contributed by atoms with van der Waals surface area (Å²) in [7, 11) is 3.44. The highest BCUT2D eigenvalue weighted by Gasteiger charge is 2.29. The van der Waals surface area contributed by atoms with E-state index in [4.69, 9.17) is 9.47 Å². The zero-order valence-electron chi connectivity index (χ0n) is 16.2. The van der Waals surface area contributed by atoms with Crippen molar-refractivity contribution in [3.63, 3.8) is 0 Å². The summed E-state index contributed by atoms with van der Waals surface area (Å²) in [6.45, 7) is 6.15. The molecule has 6 nitrogen and oxygen atoms in total. The smallest absolute Gasteiger partial charge is 0.225 e. The van der Waals surface area contributed by atoms with Gasteiger partial charge in [-0.3, -0.25) is 9.59 Å². The summed E-state index contributed by atoms with van der Waals surface area (Å²) in [5, 5.41) is 0. The molecule has 0 N–H and O–H groups in total. The minimum atomic E-state index is -0.00259. The Kier molecular flexibility index (Phi) is 7.30. The molecule has 0 saturated carbocycles. The van der Waals surface area contributed by atoms with E-state index >= 15 is 0 Å². The minimum Gasteiger partial charge on any atom is -0.497 e. The Balaban J connectivity index is 1.73.